The zero-order valence-corrected chi connectivity index (χ0v) is 21.0. The molecule has 3 aromatic carbocycles. The summed E-state index contributed by atoms with van der Waals surface area (Å²) in [5.74, 6) is -4.60. The van der Waals surface area contributed by atoms with Gasteiger partial charge in [0, 0.05) is 11.1 Å². The van der Waals surface area contributed by atoms with E-state index in [1.807, 2.05) is 0 Å². The summed E-state index contributed by atoms with van der Waals surface area (Å²) in [6, 6.07) is 16.9. The second kappa shape index (κ2) is 11.8. The van der Waals surface area contributed by atoms with Gasteiger partial charge in [-0.3, -0.25) is 0 Å². The third kappa shape index (κ3) is 6.90. The molecule has 0 saturated heterocycles. The van der Waals surface area contributed by atoms with E-state index in [-0.39, 0.29) is 12.4 Å². The molecule has 4 rings (SSSR count). The maximum Gasteiger partial charge on any atom is 0.411 e. The highest BCUT2D eigenvalue weighted by molar-refractivity contribution is 5.47. The van der Waals surface area contributed by atoms with Gasteiger partial charge in [0.05, 0.1) is 6.61 Å². The predicted molar refractivity (Wildman–Crippen MR) is 133 cm³/mol. The van der Waals surface area contributed by atoms with Gasteiger partial charge in [-0.2, -0.15) is 22.0 Å². The molecule has 1 aliphatic rings. The summed E-state index contributed by atoms with van der Waals surface area (Å²) < 4.78 is 95.0. The average molecular weight is 537 g/mol. The quantitative estimate of drug-likeness (QED) is 0.254. The van der Waals surface area contributed by atoms with Crippen LogP contribution in [0.3, 0.4) is 0 Å². The van der Waals surface area contributed by atoms with Gasteiger partial charge in [0.25, 0.3) is 0 Å². The molecule has 0 aliphatic heterocycles. The lowest BCUT2D eigenvalue weighted by molar-refractivity contribution is -0.176. The lowest BCUT2D eigenvalue weighted by Crippen LogP contribution is -2.21. The van der Waals surface area contributed by atoms with E-state index in [9.17, 15) is 13.2 Å². The first kappa shape index (κ1) is 28.0. The summed E-state index contributed by atoms with van der Waals surface area (Å²) in [6.07, 6.45) is -0.482. The van der Waals surface area contributed by atoms with Gasteiger partial charge in [-0.05, 0) is 41.9 Å². The van der Waals surface area contributed by atoms with Gasteiger partial charge in [-0.15, -0.1) is 0 Å². The number of hydrogen-bond donors (Lipinski definition) is 0. The normalized spacial score (nSPS) is 18.4. The van der Waals surface area contributed by atoms with Crippen molar-refractivity contribution < 1.29 is 35.8 Å². The molecular formula is C30H30F6O2. The van der Waals surface area contributed by atoms with Crippen molar-refractivity contribution in [3.8, 4) is 5.75 Å². The van der Waals surface area contributed by atoms with Crippen LogP contribution in [-0.4, -0.2) is 12.8 Å². The van der Waals surface area contributed by atoms with E-state index >= 15 is 13.2 Å². The van der Waals surface area contributed by atoms with Crippen molar-refractivity contribution in [3.63, 3.8) is 0 Å². The number of hydrogen-bond acceptors (Lipinski definition) is 2. The van der Waals surface area contributed by atoms with Gasteiger partial charge in [-0.25, -0.2) is 4.39 Å². The molecule has 0 amide bonds. The summed E-state index contributed by atoms with van der Waals surface area (Å²) in [5.41, 5.74) is -0.218. The van der Waals surface area contributed by atoms with Crippen LogP contribution in [0.25, 0.3) is 0 Å². The first-order valence-corrected chi connectivity index (χ1v) is 12.7. The van der Waals surface area contributed by atoms with E-state index in [0.717, 1.165) is 43.4 Å². The van der Waals surface area contributed by atoms with Crippen molar-refractivity contribution in [1.29, 1.82) is 0 Å². The maximum absolute atomic E-state index is 15.9. The summed E-state index contributed by atoms with van der Waals surface area (Å²) >= 11 is 0. The van der Waals surface area contributed by atoms with E-state index in [1.54, 1.807) is 42.5 Å². The smallest absolute Gasteiger partial charge is 0.411 e. The number of benzene rings is 3. The van der Waals surface area contributed by atoms with Crippen molar-refractivity contribution in [2.75, 3.05) is 6.61 Å². The lowest BCUT2D eigenvalue weighted by Gasteiger charge is -2.27. The number of alkyl halides is 5. The molecule has 1 saturated carbocycles. The van der Waals surface area contributed by atoms with Crippen LogP contribution in [-0.2, 0) is 23.9 Å². The van der Waals surface area contributed by atoms with Crippen LogP contribution >= 0.6 is 0 Å². The molecule has 0 N–H and O–H groups in total. The fraction of sp³-hybridized carbons (Fsp3) is 0.400. The minimum atomic E-state index is -4.62. The van der Waals surface area contributed by atoms with Crippen LogP contribution in [0.4, 0.5) is 26.3 Å². The average Bonchev–Trinajstić information content (AvgIpc) is 2.89. The van der Waals surface area contributed by atoms with E-state index in [2.05, 4.69) is 11.7 Å². The molecule has 0 heterocycles. The lowest BCUT2D eigenvalue weighted by atomic mass is 9.79. The van der Waals surface area contributed by atoms with Gasteiger partial charge in [-0.1, -0.05) is 80.4 Å². The number of rotatable bonds is 9. The Morgan fingerprint density at radius 1 is 0.789 bits per heavy atom. The third-order valence-electron chi connectivity index (χ3n) is 7.02. The van der Waals surface area contributed by atoms with Crippen molar-refractivity contribution >= 4 is 0 Å². The van der Waals surface area contributed by atoms with E-state index in [4.69, 9.17) is 4.74 Å². The molecule has 0 bridgehead atoms. The summed E-state index contributed by atoms with van der Waals surface area (Å²) in [7, 11) is 0. The number of ether oxygens (including phenoxy) is 2. The molecule has 3 aromatic rings. The molecule has 0 spiro atoms. The largest absolute Gasteiger partial charge is 0.488 e. The topological polar surface area (TPSA) is 18.5 Å². The summed E-state index contributed by atoms with van der Waals surface area (Å²) in [6.45, 7) is -0.321. The molecule has 0 aromatic heterocycles. The minimum absolute atomic E-state index is 0.0910. The molecule has 0 atom stereocenters. The first-order valence-electron chi connectivity index (χ1n) is 12.7. The van der Waals surface area contributed by atoms with Crippen LogP contribution < -0.4 is 4.74 Å². The monoisotopic (exact) mass is 536 g/mol. The summed E-state index contributed by atoms with van der Waals surface area (Å²) in [4.78, 5) is 0. The predicted octanol–water partition coefficient (Wildman–Crippen LogP) is 8.92. The fourth-order valence-electron chi connectivity index (χ4n) is 4.84. The number of halogens is 6. The maximum atomic E-state index is 15.9. The van der Waals surface area contributed by atoms with Crippen molar-refractivity contribution in [2.45, 2.75) is 63.8 Å². The van der Waals surface area contributed by atoms with E-state index < -0.39 is 47.8 Å². The second-order valence-corrected chi connectivity index (χ2v) is 9.95. The van der Waals surface area contributed by atoms with Crippen molar-refractivity contribution in [1.82, 2.24) is 0 Å². The fourth-order valence-corrected chi connectivity index (χ4v) is 4.84. The molecule has 0 radical (unpaired) electrons. The highest BCUT2D eigenvalue weighted by atomic mass is 19.4. The molecule has 2 nitrogen and oxygen atoms in total. The molecule has 204 valence electrons. The highest BCUT2D eigenvalue weighted by Crippen LogP contribution is 2.44. The van der Waals surface area contributed by atoms with Crippen LogP contribution in [0.1, 0.15) is 66.3 Å². The van der Waals surface area contributed by atoms with Gasteiger partial charge >= 0.3 is 12.1 Å². The Bertz CT molecular complexity index is 1180. The molecule has 1 aliphatic carbocycles. The van der Waals surface area contributed by atoms with Gasteiger partial charge < -0.3 is 9.47 Å². The zero-order valence-electron chi connectivity index (χ0n) is 21.0. The summed E-state index contributed by atoms with van der Waals surface area (Å²) in [5, 5.41) is 0. The Labute approximate surface area is 218 Å². The van der Waals surface area contributed by atoms with E-state index in [0.29, 0.717) is 17.4 Å². The third-order valence-corrected chi connectivity index (χ3v) is 7.02. The van der Waals surface area contributed by atoms with E-state index in [1.165, 1.54) is 12.1 Å². The van der Waals surface area contributed by atoms with Crippen molar-refractivity contribution in [3.05, 3.63) is 100 Å². The zero-order chi connectivity index (χ0) is 27.3. The van der Waals surface area contributed by atoms with Gasteiger partial charge in [0.15, 0.2) is 0 Å². The van der Waals surface area contributed by atoms with Crippen LogP contribution in [0.5, 0.6) is 5.75 Å². The Morgan fingerprint density at radius 2 is 1.45 bits per heavy atom. The van der Waals surface area contributed by atoms with Crippen LogP contribution in [0.15, 0.2) is 66.7 Å². The first-order chi connectivity index (χ1) is 18.0. The standard InChI is InChI=1S/C30H30F6O2/c1-20-7-9-22(10-8-20)23-11-14-25(15-12-23)30(35,36)27-26(38-17-21-5-3-2-4-6-21)16-13-24(28(27)31)18-37-19-29(32,33)34/h2-6,11-16,20,22H,7-10,17-19H2,1H3. The molecule has 38 heavy (non-hydrogen) atoms. The highest BCUT2D eigenvalue weighted by Gasteiger charge is 2.41. The Morgan fingerprint density at radius 3 is 2.08 bits per heavy atom. The second-order valence-electron chi connectivity index (χ2n) is 9.95. The van der Waals surface area contributed by atoms with Gasteiger partial charge in [0.2, 0.25) is 0 Å². The van der Waals surface area contributed by atoms with Crippen LogP contribution in [0.2, 0.25) is 0 Å². The Balaban J connectivity index is 1.64. The SMILES string of the molecule is CC1CCC(c2ccc(C(F)(F)c3c(OCc4ccccc4)ccc(COCC(F)(F)F)c3F)cc2)CC1. The molecule has 0 unspecified atom stereocenters. The molecule has 8 heteroatoms. The van der Waals surface area contributed by atoms with Crippen molar-refractivity contribution in [2.24, 2.45) is 5.92 Å². The molecule has 1 fully saturated rings. The Kier molecular flexibility index (Phi) is 8.71. The Hall–Kier alpha value is -3.00. The van der Waals surface area contributed by atoms with Crippen LogP contribution in [0, 0.1) is 11.7 Å². The van der Waals surface area contributed by atoms with Gasteiger partial charge in [0.1, 0.15) is 30.3 Å². The minimum Gasteiger partial charge on any atom is -0.488 e. The molecular weight excluding hydrogens is 506 g/mol.